The Labute approximate surface area is 107 Å². The fourth-order valence-electron chi connectivity index (χ4n) is 1.14. The smallest absolute Gasteiger partial charge is 0.151 e. The summed E-state index contributed by atoms with van der Waals surface area (Å²) in [6.45, 7) is 1.63. The molecule has 0 bridgehead atoms. The molecule has 0 aliphatic carbocycles. The van der Waals surface area contributed by atoms with Gasteiger partial charge in [-0.15, -0.1) is 0 Å². The van der Waals surface area contributed by atoms with Gasteiger partial charge in [-0.2, -0.15) is 0 Å². The van der Waals surface area contributed by atoms with Gasteiger partial charge >= 0.3 is 0 Å². The third kappa shape index (κ3) is 4.23. The molecule has 0 fully saturated rings. The maximum atomic E-state index is 13.3. The third-order valence-corrected chi connectivity index (χ3v) is 4.49. The molecule has 1 aromatic carbocycles. The highest BCUT2D eigenvalue weighted by molar-refractivity contribution is 9.10. The lowest BCUT2D eigenvalue weighted by molar-refractivity contribution is 0.580. The molecule has 0 unspecified atom stereocenters. The molecule has 0 saturated heterocycles. The van der Waals surface area contributed by atoms with E-state index in [0.29, 0.717) is 0 Å². The molecule has 0 atom stereocenters. The van der Waals surface area contributed by atoms with Crippen LogP contribution in [0.3, 0.4) is 0 Å². The van der Waals surface area contributed by atoms with Crippen molar-refractivity contribution in [3.8, 4) is 0 Å². The summed E-state index contributed by atoms with van der Waals surface area (Å²) < 4.78 is 48.7. The number of nitrogens with one attached hydrogen (secondary N) is 1. The minimum Gasteiger partial charge on any atom is -0.382 e. The Morgan fingerprint density at radius 1 is 1.29 bits per heavy atom. The van der Waals surface area contributed by atoms with Gasteiger partial charge in [0.05, 0.1) is 15.9 Å². The molecule has 0 saturated carbocycles. The first-order chi connectivity index (χ1) is 7.85. The molecule has 7 heteroatoms. The van der Waals surface area contributed by atoms with Crippen LogP contribution in [0.1, 0.15) is 6.92 Å². The molecule has 1 N–H and O–H groups in total. The lowest BCUT2D eigenvalue weighted by atomic mass is 10.3. The van der Waals surface area contributed by atoms with Crippen LogP contribution < -0.4 is 5.32 Å². The van der Waals surface area contributed by atoms with Crippen LogP contribution in [0.25, 0.3) is 0 Å². The zero-order valence-electron chi connectivity index (χ0n) is 9.13. The van der Waals surface area contributed by atoms with Crippen molar-refractivity contribution in [2.75, 3.05) is 23.4 Å². The van der Waals surface area contributed by atoms with Crippen molar-refractivity contribution in [2.45, 2.75) is 6.92 Å². The van der Waals surface area contributed by atoms with Gasteiger partial charge in [0, 0.05) is 18.4 Å². The van der Waals surface area contributed by atoms with Gasteiger partial charge in [0.25, 0.3) is 0 Å². The summed E-state index contributed by atoms with van der Waals surface area (Å²) in [6, 6.07) is 1.98. The molecule has 3 nitrogen and oxygen atoms in total. The molecule has 17 heavy (non-hydrogen) atoms. The first-order valence-electron chi connectivity index (χ1n) is 4.94. The summed E-state index contributed by atoms with van der Waals surface area (Å²) in [4.78, 5) is 0. The van der Waals surface area contributed by atoms with Gasteiger partial charge in [-0.25, -0.2) is 17.2 Å². The lowest BCUT2D eigenvalue weighted by Crippen LogP contribution is -2.17. The first kappa shape index (κ1) is 14.4. The number of rotatable bonds is 5. The van der Waals surface area contributed by atoms with E-state index in [0.717, 1.165) is 6.07 Å². The summed E-state index contributed by atoms with van der Waals surface area (Å²) in [5.74, 6) is -1.49. The van der Waals surface area contributed by atoms with Crippen LogP contribution in [0.4, 0.5) is 14.5 Å². The second-order valence-electron chi connectivity index (χ2n) is 3.41. The SMILES string of the molecule is CCS(=O)(=O)CCNc1cc(Br)c(F)cc1F. The summed E-state index contributed by atoms with van der Waals surface area (Å²) in [5.41, 5.74) is 0.0737. The normalized spacial score (nSPS) is 11.5. The summed E-state index contributed by atoms with van der Waals surface area (Å²) >= 11 is 2.93. The molecule has 0 aliphatic rings. The highest BCUT2D eigenvalue weighted by Gasteiger charge is 2.10. The molecule has 1 rings (SSSR count). The predicted molar refractivity (Wildman–Crippen MR) is 66.9 cm³/mol. The van der Waals surface area contributed by atoms with Crippen LogP contribution in [0.5, 0.6) is 0 Å². The zero-order valence-corrected chi connectivity index (χ0v) is 11.5. The molecule has 1 aromatic rings. The number of hydrogen-bond donors (Lipinski definition) is 1. The molecule has 0 radical (unpaired) electrons. The van der Waals surface area contributed by atoms with Crippen LogP contribution in [0.2, 0.25) is 0 Å². The minimum atomic E-state index is -3.09. The van der Waals surface area contributed by atoms with Gasteiger partial charge in [-0.3, -0.25) is 0 Å². The highest BCUT2D eigenvalue weighted by atomic mass is 79.9. The van der Waals surface area contributed by atoms with Gasteiger partial charge in [-0.05, 0) is 22.0 Å². The molecule has 0 spiro atoms. The van der Waals surface area contributed by atoms with E-state index in [1.54, 1.807) is 6.92 Å². The van der Waals surface area contributed by atoms with Gasteiger partial charge in [0.1, 0.15) is 11.6 Å². The summed E-state index contributed by atoms with van der Waals surface area (Å²) in [5, 5.41) is 2.62. The second-order valence-corrected chi connectivity index (χ2v) is 6.74. The standard InChI is InChI=1S/C10H12BrF2NO2S/c1-2-17(15,16)4-3-14-10-5-7(11)8(12)6-9(10)13/h5-6,14H,2-4H2,1H3. The maximum absolute atomic E-state index is 13.3. The number of halogens is 3. The molecule has 96 valence electrons. The Balaban J connectivity index is 2.68. The largest absolute Gasteiger partial charge is 0.382 e. The molecular weight excluding hydrogens is 316 g/mol. The number of anilines is 1. The van der Waals surface area contributed by atoms with E-state index >= 15 is 0 Å². The maximum Gasteiger partial charge on any atom is 0.151 e. The van der Waals surface area contributed by atoms with E-state index in [1.807, 2.05) is 0 Å². The van der Waals surface area contributed by atoms with E-state index in [9.17, 15) is 17.2 Å². The monoisotopic (exact) mass is 327 g/mol. The highest BCUT2D eigenvalue weighted by Crippen LogP contribution is 2.23. The van der Waals surface area contributed by atoms with E-state index in [4.69, 9.17) is 0 Å². The average molecular weight is 328 g/mol. The fraction of sp³-hybridized carbons (Fsp3) is 0.400. The number of hydrogen-bond acceptors (Lipinski definition) is 3. The van der Waals surface area contributed by atoms with Gasteiger partial charge in [0.15, 0.2) is 9.84 Å². The molecule has 0 aromatic heterocycles. The number of benzene rings is 1. The Kier molecular flexibility index (Phi) is 4.88. The zero-order chi connectivity index (χ0) is 13.1. The Bertz CT molecular complexity index is 505. The van der Waals surface area contributed by atoms with Crippen LogP contribution in [-0.4, -0.2) is 26.5 Å². The molecule has 0 amide bonds. The van der Waals surface area contributed by atoms with Crippen LogP contribution in [0, 0.1) is 11.6 Å². The minimum absolute atomic E-state index is 0.0459. The first-order valence-corrected chi connectivity index (χ1v) is 7.56. The van der Waals surface area contributed by atoms with Crippen LogP contribution in [-0.2, 0) is 9.84 Å². The average Bonchev–Trinajstić information content (AvgIpc) is 2.25. The van der Waals surface area contributed by atoms with Gasteiger partial charge in [-0.1, -0.05) is 6.92 Å². The second kappa shape index (κ2) is 5.77. The summed E-state index contributed by atoms with van der Waals surface area (Å²) in [6.07, 6.45) is 0. The van der Waals surface area contributed by atoms with Crippen LogP contribution >= 0.6 is 15.9 Å². The fourth-order valence-corrected chi connectivity index (χ4v) is 2.19. The van der Waals surface area contributed by atoms with Gasteiger partial charge in [0.2, 0.25) is 0 Å². The van der Waals surface area contributed by atoms with E-state index in [1.165, 1.54) is 6.07 Å². The molecular formula is C10H12BrF2NO2S. The van der Waals surface area contributed by atoms with Crippen molar-refractivity contribution in [1.29, 1.82) is 0 Å². The van der Waals surface area contributed by atoms with E-state index < -0.39 is 21.5 Å². The Morgan fingerprint density at radius 2 is 1.94 bits per heavy atom. The topological polar surface area (TPSA) is 46.2 Å². The quantitative estimate of drug-likeness (QED) is 0.845. The predicted octanol–water partition coefficient (Wildman–Crippen LogP) is 2.57. The van der Waals surface area contributed by atoms with Crippen molar-refractivity contribution in [3.05, 3.63) is 28.2 Å². The number of sulfone groups is 1. The van der Waals surface area contributed by atoms with Crippen molar-refractivity contribution in [1.82, 2.24) is 0 Å². The lowest BCUT2D eigenvalue weighted by Gasteiger charge is -2.08. The molecule has 0 aliphatic heterocycles. The van der Waals surface area contributed by atoms with Crippen molar-refractivity contribution in [3.63, 3.8) is 0 Å². The summed E-state index contributed by atoms with van der Waals surface area (Å²) in [7, 11) is -3.09. The van der Waals surface area contributed by atoms with Gasteiger partial charge < -0.3 is 5.32 Å². The Morgan fingerprint density at radius 3 is 2.53 bits per heavy atom. The van der Waals surface area contributed by atoms with Crippen LogP contribution in [0.15, 0.2) is 16.6 Å². The van der Waals surface area contributed by atoms with Crippen molar-refractivity contribution >= 4 is 31.5 Å². The van der Waals surface area contributed by atoms with E-state index in [-0.39, 0.29) is 28.2 Å². The van der Waals surface area contributed by atoms with Crippen molar-refractivity contribution < 1.29 is 17.2 Å². The van der Waals surface area contributed by atoms with E-state index in [2.05, 4.69) is 21.2 Å². The van der Waals surface area contributed by atoms with Crippen molar-refractivity contribution in [2.24, 2.45) is 0 Å². The Hall–Kier alpha value is -0.690. The third-order valence-electron chi connectivity index (χ3n) is 2.18. The molecule has 0 heterocycles.